The quantitative estimate of drug-likeness (QED) is 0.642. The molecule has 1 aliphatic rings. The maximum absolute atomic E-state index is 12.3. The zero-order chi connectivity index (χ0) is 15.4. The summed E-state index contributed by atoms with van der Waals surface area (Å²) < 4.78 is 10.5. The average Bonchev–Trinajstić information content (AvgIpc) is 2.59. The van der Waals surface area contributed by atoms with Gasteiger partial charge in [-0.1, -0.05) is 18.2 Å². The Kier molecular flexibility index (Phi) is 4.39. The van der Waals surface area contributed by atoms with Crippen molar-refractivity contribution in [2.24, 2.45) is 0 Å². The number of nitrogens with zero attached hydrogens (tertiary/aromatic N) is 1. The first kappa shape index (κ1) is 14.6. The van der Waals surface area contributed by atoms with E-state index in [9.17, 15) is 4.79 Å². The maximum atomic E-state index is 12.3. The Morgan fingerprint density at radius 3 is 2.64 bits per heavy atom. The minimum atomic E-state index is 0.0178. The molecule has 0 N–H and O–H groups in total. The van der Waals surface area contributed by atoms with Crippen LogP contribution in [-0.2, 0) is 4.74 Å². The molecule has 0 radical (unpaired) electrons. The van der Waals surface area contributed by atoms with E-state index in [2.05, 4.69) is 4.90 Å². The van der Waals surface area contributed by atoms with Gasteiger partial charge < -0.3 is 14.4 Å². The molecule has 1 heterocycles. The first-order valence-electron chi connectivity index (χ1n) is 7.38. The van der Waals surface area contributed by atoms with Crippen LogP contribution in [0.5, 0.6) is 5.75 Å². The van der Waals surface area contributed by atoms with Crippen molar-refractivity contribution in [2.75, 3.05) is 33.4 Å². The minimum Gasteiger partial charge on any atom is -0.497 e. The van der Waals surface area contributed by atoms with Crippen LogP contribution >= 0.6 is 0 Å². The van der Waals surface area contributed by atoms with Crippen molar-refractivity contribution >= 4 is 16.6 Å². The summed E-state index contributed by atoms with van der Waals surface area (Å²) in [5.74, 6) is 0.836. The third kappa shape index (κ3) is 3.28. The summed E-state index contributed by atoms with van der Waals surface area (Å²) in [6.07, 6.45) is 3.50. The predicted molar refractivity (Wildman–Crippen MR) is 86.4 cm³/mol. The molecule has 2 aromatic rings. The van der Waals surface area contributed by atoms with Gasteiger partial charge in [0.2, 0.25) is 0 Å². The summed E-state index contributed by atoms with van der Waals surface area (Å²) in [6, 6.07) is 11.6. The Labute approximate surface area is 129 Å². The summed E-state index contributed by atoms with van der Waals surface area (Å²) in [5, 5.41) is 2.10. The van der Waals surface area contributed by atoms with E-state index in [4.69, 9.17) is 9.47 Å². The number of hydrogen-bond acceptors (Lipinski definition) is 4. The van der Waals surface area contributed by atoms with Crippen LogP contribution in [0.4, 0.5) is 0 Å². The number of allylic oxidation sites excluding steroid dienone is 1. The number of ether oxygens (including phenoxy) is 2. The van der Waals surface area contributed by atoms with Crippen molar-refractivity contribution < 1.29 is 14.3 Å². The lowest BCUT2D eigenvalue weighted by Gasteiger charge is -2.24. The fraction of sp³-hybridized carbons (Fsp3) is 0.278. The normalized spacial score (nSPS) is 15.4. The molecule has 1 aliphatic heterocycles. The molecule has 0 bridgehead atoms. The lowest BCUT2D eigenvalue weighted by atomic mass is 10.0. The molecule has 0 spiro atoms. The molecule has 0 saturated carbocycles. The van der Waals surface area contributed by atoms with Crippen molar-refractivity contribution in [1.82, 2.24) is 4.90 Å². The van der Waals surface area contributed by atoms with Crippen LogP contribution in [0.25, 0.3) is 10.8 Å². The van der Waals surface area contributed by atoms with Crippen molar-refractivity contribution in [2.45, 2.75) is 0 Å². The zero-order valence-corrected chi connectivity index (χ0v) is 12.6. The molecular formula is C18H19NO3. The second-order valence-electron chi connectivity index (χ2n) is 5.26. The number of benzene rings is 2. The van der Waals surface area contributed by atoms with Crippen LogP contribution in [0.2, 0.25) is 0 Å². The van der Waals surface area contributed by atoms with Gasteiger partial charge in [0.1, 0.15) is 5.75 Å². The number of ketones is 1. The van der Waals surface area contributed by atoms with Crippen molar-refractivity contribution in [3.8, 4) is 5.75 Å². The number of carbonyl (C=O) groups excluding carboxylic acids is 1. The summed E-state index contributed by atoms with van der Waals surface area (Å²) in [6.45, 7) is 3.11. The van der Waals surface area contributed by atoms with Gasteiger partial charge >= 0.3 is 0 Å². The Morgan fingerprint density at radius 2 is 1.86 bits per heavy atom. The number of rotatable bonds is 4. The van der Waals surface area contributed by atoms with Gasteiger partial charge in [0.25, 0.3) is 0 Å². The molecule has 0 unspecified atom stereocenters. The van der Waals surface area contributed by atoms with Crippen molar-refractivity contribution in [1.29, 1.82) is 0 Å². The monoisotopic (exact) mass is 297 g/mol. The highest BCUT2D eigenvalue weighted by atomic mass is 16.5. The Hall–Kier alpha value is -2.33. The number of methoxy groups -OCH3 is 1. The molecule has 4 heteroatoms. The number of carbonyl (C=O) groups is 1. The molecule has 1 saturated heterocycles. The standard InChI is InChI=1S/C18H19NO3/c1-21-17-5-4-14-12-16(3-2-15(14)13-17)18(20)6-7-19-8-10-22-11-9-19/h2-7,12-13H,8-11H2,1H3/b7-6+. The lowest BCUT2D eigenvalue weighted by molar-refractivity contribution is 0.0591. The van der Waals surface area contributed by atoms with E-state index in [1.54, 1.807) is 13.2 Å². The summed E-state index contributed by atoms with van der Waals surface area (Å²) in [4.78, 5) is 14.4. The van der Waals surface area contributed by atoms with Crippen LogP contribution < -0.4 is 4.74 Å². The second-order valence-corrected chi connectivity index (χ2v) is 5.26. The third-order valence-electron chi connectivity index (χ3n) is 3.81. The number of morpholine rings is 1. The topological polar surface area (TPSA) is 38.8 Å². The van der Waals surface area contributed by atoms with Crippen molar-refractivity contribution in [3.05, 3.63) is 54.2 Å². The number of fused-ring (bicyclic) bond motifs is 1. The van der Waals surface area contributed by atoms with Crippen LogP contribution in [0.1, 0.15) is 10.4 Å². The molecule has 0 aromatic heterocycles. The highest BCUT2D eigenvalue weighted by molar-refractivity contribution is 6.06. The third-order valence-corrected chi connectivity index (χ3v) is 3.81. The van der Waals surface area contributed by atoms with Crippen LogP contribution in [0.3, 0.4) is 0 Å². The first-order valence-corrected chi connectivity index (χ1v) is 7.38. The summed E-state index contributed by atoms with van der Waals surface area (Å²) in [7, 11) is 1.65. The summed E-state index contributed by atoms with van der Waals surface area (Å²) >= 11 is 0. The largest absolute Gasteiger partial charge is 0.497 e. The van der Waals surface area contributed by atoms with Gasteiger partial charge in [-0.15, -0.1) is 0 Å². The van der Waals surface area contributed by atoms with E-state index in [0.717, 1.165) is 42.8 Å². The second kappa shape index (κ2) is 6.62. The first-order chi connectivity index (χ1) is 10.8. The van der Waals surface area contributed by atoms with Crippen LogP contribution in [-0.4, -0.2) is 44.1 Å². The van der Waals surface area contributed by atoms with E-state index < -0.39 is 0 Å². The van der Waals surface area contributed by atoms with E-state index in [1.165, 1.54) is 0 Å². The highest BCUT2D eigenvalue weighted by Crippen LogP contribution is 2.22. The van der Waals surface area contributed by atoms with E-state index in [0.29, 0.717) is 5.56 Å². The predicted octanol–water partition coefficient (Wildman–Crippen LogP) is 2.88. The highest BCUT2D eigenvalue weighted by Gasteiger charge is 2.08. The molecule has 22 heavy (non-hydrogen) atoms. The molecular weight excluding hydrogens is 278 g/mol. The lowest BCUT2D eigenvalue weighted by Crippen LogP contribution is -2.32. The molecule has 2 aromatic carbocycles. The van der Waals surface area contributed by atoms with Crippen LogP contribution in [0.15, 0.2) is 48.7 Å². The molecule has 114 valence electrons. The fourth-order valence-corrected chi connectivity index (χ4v) is 2.50. The molecule has 0 atom stereocenters. The molecule has 3 rings (SSSR count). The van der Waals surface area contributed by atoms with Crippen molar-refractivity contribution in [3.63, 3.8) is 0 Å². The smallest absolute Gasteiger partial charge is 0.187 e. The van der Waals surface area contributed by atoms with Gasteiger partial charge in [-0.05, 0) is 29.0 Å². The van der Waals surface area contributed by atoms with Gasteiger partial charge in [0.15, 0.2) is 5.78 Å². The van der Waals surface area contributed by atoms with Gasteiger partial charge in [0.05, 0.1) is 20.3 Å². The molecule has 0 aliphatic carbocycles. The van der Waals surface area contributed by atoms with E-state index in [1.807, 2.05) is 42.6 Å². The Morgan fingerprint density at radius 1 is 1.14 bits per heavy atom. The Bertz CT molecular complexity index is 703. The molecule has 0 amide bonds. The van der Waals surface area contributed by atoms with Gasteiger partial charge in [-0.2, -0.15) is 0 Å². The van der Waals surface area contributed by atoms with E-state index >= 15 is 0 Å². The summed E-state index contributed by atoms with van der Waals surface area (Å²) in [5.41, 5.74) is 0.696. The molecule has 4 nitrogen and oxygen atoms in total. The molecule has 1 fully saturated rings. The minimum absolute atomic E-state index is 0.0178. The van der Waals surface area contributed by atoms with Gasteiger partial charge in [-0.25, -0.2) is 0 Å². The number of hydrogen-bond donors (Lipinski definition) is 0. The van der Waals surface area contributed by atoms with Gasteiger partial charge in [-0.3, -0.25) is 4.79 Å². The Balaban J connectivity index is 1.77. The fourth-order valence-electron chi connectivity index (χ4n) is 2.50. The SMILES string of the molecule is COc1ccc2cc(C(=O)/C=C/N3CCOCC3)ccc2c1. The van der Waals surface area contributed by atoms with E-state index in [-0.39, 0.29) is 5.78 Å². The maximum Gasteiger partial charge on any atom is 0.187 e. The van der Waals surface area contributed by atoms with Crippen LogP contribution in [0, 0.1) is 0 Å². The average molecular weight is 297 g/mol. The zero-order valence-electron chi connectivity index (χ0n) is 12.6. The van der Waals surface area contributed by atoms with Gasteiger partial charge in [0, 0.05) is 30.9 Å².